The van der Waals surface area contributed by atoms with E-state index in [0.717, 1.165) is 0 Å². The molecule has 1 N–H and O–H groups in total. The molecule has 0 aliphatic heterocycles. The molecule has 0 aromatic carbocycles. The van der Waals surface area contributed by atoms with Crippen LogP contribution in [0.25, 0.3) is 4.85 Å². The van der Waals surface area contributed by atoms with E-state index in [1.807, 2.05) is 0 Å². The molecule has 0 saturated heterocycles. The first kappa shape index (κ1) is 14.8. The second-order valence-corrected chi connectivity index (χ2v) is 3.49. The van der Waals surface area contributed by atoms with Gasteiger partial charge in [-0.15, -0.1) is 0 Å². The third-order valence-corrected chi connectivity index (χ3v) is 1.97. The molecule has 0 aliphatic rings. The Morgan fingerprint density at radius 2 is 2.26 bits per heavy atom. The summed E-state index contributed by atoms with van der Waals surface area (Å²) in [4.78, 5) is 17.5. The number of pyridine rings is 1. The van der Waals surface area contributed by atoms with Crippen molar-refractivity contribution in [3.63, 3.8) is 0 Å². The number of carbonyl (C=O) groups is 1. The van der Waals surface area contributed by atoms with Crippen LogP contribution >= 0.6 is 0 Å². The molecule has 5 nitrogen and oxygen atoms in total. The topological polar surface area (TPSA) is 55.6 Å². The smallest absolute Gasteiger partial charge is 0.471 e. The average Bonchev–Trinajstić information content (AvgIpc) is 2.36. The number of rotatable bonds is 5. The normalized spacial score (nSPS) is 12.3. The van der Waals surface area contributed by atoms with Crippen molar-refractivity contribution in [2.75, 3.05) is 13.2 Å². The zero-order chi connectivity index (χ0) is 14.3. The Hall–Kier alpha value is -2.30. The summed E-state index contributed by atoms with van der Waals surface area (Å²) in [7, 11) is 0. The van der Waals surface area contributed by atoms with Gasteiger partial charge in [0.15, 0.2) is 0 Å². The van der Waals surface area contributed by atoms with E-state index < -0.39 is 18.1 Å². The first-order chi connectivity index (χ1) is 8.93. The lowest BCUT2D eigenvalue weighted by atomic mass is 10.3. The van der Waals surface area contributed by atoms with Crippen LogP contribution < -0.4 is 10.1 Å². The Kier molecular flexibility index (Phi) is 5.11. The molecule has 0 radical (unpaired) electrons. The first-order valence-electron chi connectivity index (χ1n) is 5.18. The first-order valence-corrected chi connectivity index (χ1v) is 5.18. The Labute approximate surface area is 107 Å². The molecule has 1 aromatic heterocycles. The highest BCUT2D eigenvalue weighted by Gasteiger charge is 2.40. The molecule has 1 aromatic rings. The second-order valence-electron chi connectivity index (χ2n) is 3.49. The third kappa shape index (κ3) is 5.25. The zero-order valence-electron chi connectivity index (χ0n) is 9.65. The fraction of sp³-hybridized carbons (Fsp3) is 0.364. The van der Waals surface area contributed by atoms with Crippen molar-refractivity contribution >= 4 is 5.91 Å². The number of nitrogens with zero attached hydrogens (tertiary/aromatic N) is 2. The van der Waals surface area contributed by atoms with Gasteiger partial charge < -0.3 is 14.9 Å². The molecule has 8 heteroatoms. The van der Waals surface area contributed by atoms with Gasteiger partial charge in [0.2, 0.25) is 12.4 Å². The van der Waals surface area contributed by atoms with Crippen LogP contribution in [0.15, 0.2) is 24.4 Å². The maximum Gasteiger partial charge on any atom is 0.471 e. The largest absolute Gasteiger partial charge is 0.475 e. The molecule has 1 heterocycles. The van der Waals surface area contributed by atoms with Gasteiger partial charge in [-0.05, 0) is 6.07 Å². The highest BCUT2D eigenvalue weighted by molar-refractivity contribution is 5.82. The van der Waals surface area contributed by atoms with Crippen molar-refractivity contribution in [3.8, 4) is 5.88 Å². The molecule has 0 unspecified atom stereocenters. The molecular weight excluding hydrogens is 263 g/mol. The summed E-state index contributed by atoms with van der Waals surface area (Å²) in [6.07, 6.45) is -3.53. The molecule has 0 bridgehead atoms. The summed E-state index contributed by atoms with van der Waals surface area (Å²) >= 11 is 0. The Morgan fingerprint density at radius 3 is 2.79 bits per heavy atom. The van der Waals surface area contributed by atoms with Gasteiger partial charge in [0.25, 0.3) is 0 Å². The van der Waals surface area contributed by atoms with Crippen LogP contribution in [0.4, 0.5) is 13.2 Å². The van der Waals surface area contributed by atoms with Gasteiger partial charge in [-0.1, -0.05) is 6.07 Å². The molecule has 1 amide bonds. The lowest BCUT2D eigenvalue weighted by molar-refractivity contribution is -0.174. The summed E-state index contributed by atoms with van der Waals surface area (Å²) in [5.41, 5.74) is 0. The summed E-state index contributed by atoms with van der Waals surface area (Å²) in [6.45, 7) is 6.06. The van der Waals surface area contributed by atoms with Crippen molar-refractivity contribution < 1.29 is 22.7 Å². The van der Waals surface area contributed by atoms with Crippen molar-refractivity contribution in [1.29, 1.82) is 0 Å². The van der Waals surface area contributed by atoms with E-state index in [4.69, 9.17) is 11.3 Å². The van der Waals surface area contributed by atoms with Gasteiger partial charge in [0.1, 0.15) is 12.6 Å². The number of alkyl halides is 3. The molecule has 0 aliphatic carbocycles. The molecule has 0 fully saturated rings. The van der Waals surface area contributed by atoms with Crippen molar-refractivity contribution in [3.05, 3.63) is 35.8 Å². The third-order valence-electron chi connectivity index (χ3n) is 1.97. The molecule has 1 rings (SSSR count). The number of hydrogen-bond acceptors (Lipinski definition) is 3. The predicted octanol–water partition coefficient (Wildman–Crippen LogP) is 1.43. The fourth-order valence-electron chi connectivity index (χ4n) is 1.14. The van der Waals surface area contributed by atoms with E-state index in [9.17, 15) is 18.0 Å². The number of hydrogen-bond donors (Lipinski definition) is 1. The number of ether oxygens (including phenoxy) is 1. The van der Waals surface area contributed by atoms with E-state index in [0.29, 0.717) is 0 Å². The fourth-order valence-corrected chi connectivity index (χ4v) is 1.14. The summed E-state index contributed by atoms with van der Waals surface area (Å²) < 4.78 is 41.3. The number of amides is 1. The van der Waals surface area contributed by atoms with Crippen LogP contribution in [-0.2, 0) is 4.79 Å². The standard InChI is InChI=1S/C11H10F3N3O2/c1-15-6-8(17-10(18)11(12,13)14)7-19-9-4-2-3-5-16-9/h2-5,8H,6-7H2,(H,17,18)/t8-/m0/s1. The van der Waals surface area contributed by atoms with E-state index in [2.05, 4.69) is 9.83 Å². The highest BCUT2D eigenvalue weighted by Crippen LogP contribution is 2.14. The van der Waals surface area contributed by atoms with E-state index in [1.54, 1.807) is 17.4 Å². The number of nitrogens with one attached hydrogen (secondary N) is 1. The maximum atomic E-state index is 12.1. The molecule has 0 saturated carbocycles. The van der Waals surface area contributed by atoms with Crippen LogP contribution in [-0.4, -0.2) is 36.3 Å². The van der Waals surface area contributed by atoms with Crippen LogP contribution in [0.2, 0.25) is 0 Å². The minimum absolute atomic E-state index is 0.207. The van der Waals surface area contributed by atoms with E-state index in [-0.39, 0.29) is 19.0 Å². The Balaban J connectivity index is 2.54. The monoisotopic (exact) mass is 273 g/mol. The SMILES string of the molecule is [C-]#[N+]C[C@@H](COc1ccccn1)NC(=O)C(F)(F)F. The van der Waals surface area contributed by atoms with Crippen molar-refractivity contribution in [1.82, 2.24) is 10.3 Å². The van der Waals surface area contributed by atoms with Gasteiger partial charge in [-0.2, -0.15) is 13.2 Å². The molecule has 19 heavy (non-hydrogen) atoms. The molecular formula is C11H10F3N3O2. The minimum Gasteiger partial charge on any atom is -0.475 e. The number of aromatic nitrogens is 1. The lowest BCUT2D eigenvalue weighted by Gasteiger charge is -2.15. The summed E-state index contributed by atoms with van der Waals surface area (Å²) in [5, 5.41) is 1.70. The van der Waals surface area contributed by atoms with Gasteiger partial charge >= 0.3 is 12.1 Å². The van der Waals surface area contributed by atoms with E-state index >= 15 is 0 Å². The summed E-state index contributed by atoms with van der Waals surface area (Å²) in [5.74, 6) is -1.88. The Morgan fingerprint density at radius 1 is 1.53 bits per heavy atom. The number of halogens is 3. The van der Waals surface area contributed by atoms with Gasteiger partial charge in [0, 0.05) is 12.3 Å². The average molecular weight is 273 g/mol. The molecule has 1 atom stereocenters. The molecule has 102 valence electrons. The van der Waals surface area contributed by atoms with Crippen molar-refractivity contribution in [2.45, 2.75) is 12.2 Å². The maximum absolute atomic E-state index is 12.1. The quantitative estimate of drug-likeness (QED) is 0.826. The number of carbonyl (C=O) groups excluding carboxylic acids is 1. The highest BCUT2D eigenvalue weighted by atomic mass is 19.4. The van der Waals surface area contributed by atoms with Gasteiger partial charge in [-0.25, -0.2) is 11.6 Å². The second kappa shape index (κ2) is 6.58. The predicted molar refractivity (Wildman–Crippen MR) is 59.2 cm³/mol. The molecule has 0 spiro atoms. The van der Waals surface area contributed by atoms with E-state index in [1.165, 1.54) is 12.3 Å². The van der Waals surface area contributed by atoms with Crippen LogP contribution in [0.5, 0.6) is 5.88 Å². The van der Waals surface area contributed by atoms with Crippen LogP contribution in [0, 0.1) is 6.57 Å². The lowest BCUT2D eigenvalue weighted by Crippen LogP contribution is -2.47. The minimum atomic E-state index is -4.98. The van der Waals surface area contributed by atoms with Crippen LogP contribution in [0.3, 0.4) is 0 Å². The Bertz CT molecular complexity index is 456. The zero-order valence-corrected chi connectivity index (χ0v) is 9.65. The van der Waals surface area contributed by atoms with Crippen molar-refractivity contribution in [2.24, 2.45) is 0 Å². The summed E-state index contributed by atoms with van der Waals surface area (Å²) in [6, 6.07) is 3.75. The van der Waals surface area contributed by atoms with Gasteiger partial charge in [0.05, 0.1) is 0 Å². The van der Waals surface area contributed by atoms with Gasteiger partial charge in [-0.3, -0.25) is 4.79 Å². The van der Waals surface area contributed by atoms with Crippen LogP contribution in [0.1, 0.15) is 0 Å².